The van der Waals surface area contributed by atoms with Crippen molar-refractivity contribution in [2.24, 2.45) is 0 Å². The van der Waals surface area contributed by atoms with E-state index in [2.05, 4.69) is 31.4 Å². The molecule has 6 nitrogen and oxygen atoms in total. The molecule has 0 radical (unpaired) electrons. The summed E-state index contributed by atoms with van der Waals surface area (Å²) in [5.74, 6) is 0.697. The first-order valence-corrected chi connectivity index (χ1v) is 6.72. The molecule has 7 heteroatoms. The number of benzene rings is 1. The molecule has 0 aliphatic rings. The number of carbonyl (C=O) groups is 1. The van der Waals surface area contributed by atoms with Gasteiger partial charge in [-0.3, -0.25) is 0 Å². The van der Waals surface area contributed by atoms with Crippen LogP contribution in [0.15, 0.2) is 21.1 Å². The first-order valence-electron chi connectivity index (χ1n) is 5.93. The van der Waals surface area contributed by atoms with E-state index < -0.39 is 0 Å². The number of halogens is 1. The first kappa shape index (κ1) is 14.5. The molecule has 1 heterocycles. The summed E-state index contributed by atoms with van der Waals surface area (Å²) in [4.78, 5) is 15.9. The van der Waals surface area contributed by atoms with Crippen molar-refractivity contribution >= 4 is 27.6 Å². The second-order valence-corrected chi connectivity index (χ2v) is 5.02. The van der Waals surface area contributed by atoms with Gasteiger partial charge in [0.15, 0.2) is 5.82 Å². The zero-order valence-electron chi connectivity index (χ0n) is 11.4. The van der Waals surface area contributed by atoms with Crippen LogP contribution in [0.3, 0.4) is 0 Å². The standard InChI is InChI=1S/C13H14BrN3O3/c1-7-10(15-6-11-16-8(2)20-17-11)5-4-9(14)12(7)13(18)19-3/h4-5,15H,6H2,1-3H3. The highest BCUT2D eigenvalue weighted by atomic mass is 79.9. The molecular weight excluding hydrogens is 326 g/mol. The molecule has 1 aromatic heterocycles. The molecule has 2 rings (SSSR count). The third kappa shape index (κ3) is 2.98. The highest BCUT2D eigenvalue weighted by Crippen LogP contribution is 2.27. The van der Waals surface area contributed by atoms with E-state index in [1.807, 2.05) is 13.0 Å². The molecule has 0 spiro atoms. The fourth-order valence-corrected chi connectivity index (χ4v) is 2.40. The molecule has 0 unspecified atom stereocenters. The van der Waals surface area contributed by atoms with E-state index in [1.54, 1.807) is 13.0 Å². The fraction of sp³-hybridized carbons (Fsp3) is 0.308. The zero-order valence-corrected chi connectivity index (χ0v) is 12.9. The van der Waals surface area contributed by atoms with Crippen molar-refractivity contribution in [3.05, 3.63) is 39.4 Å². The van der Waals surface area contributed by atoms with Gasteiger partial charge >= 0.3 is 5.97 Å². The number of esters is 1. The summed E-state index contributed by atoms with van der Waals surface area (Å²) in [5.41, 5.74) is 2.12. The molecule has 0 amide bonds. The van der Waals surface area contributed by atoms with Crippen LogP contribution in [0.4, 0.5) is 5.69 Å². The maximum atomic E-state index is 11.8. The number of anilines is 1. The summed E-state index contributed by atoms with van der Waals surface area (Å²) in [5, 5.41) is 6.98. The smallest absolute Gasteiger partial charge is 0.339 e. The third-order valence-corrected chi connectivity index (χ3v) is 3.47. The second-order valence-electron chi connectivity index (χ2n) is 4.17. The Morgan fingerprint density at radius 3 is 2.80 bits per heavy atom. The minimum Gasteiger partial charge on any atom is -0.465 e. The van der Waals surface area contributed by atoms with E-state index in [1.165, 1.54) is 7.11 Å². The SMILES string of the molecule is COC(=O)c1c(Br)ccc(NCc2noc(C)n2)c1C. The Morgan fingerprint density at radius 2 is 2.20 bits per heavy atom. The number of aryl methyl sites for hydroxylation is 1. The van der Waals surface area contributed by atoms with Crippen LogP contribution in [0.25, 0.3) is 0 Å². The monoisotopic (exact) mass is 339 g/mol. The zero-order chi connectivity index (χ0) is 14.7. The summed E-state index contributed by atoms with van der Waals surface area (Å²) in [6, 6.07) is 3.67. The topological polar surface area (TPSA) is 77.2 Å². The lowest BCUT2D eigenvalue weighted by Crippen LogP contribution is -2.09. The molecule has 1 aromatic carbocycles. The van der Waals surface area contributed by atoms with Gasteiger partial charge < -0.3 is 14.6 Å². The quantitative estimate of drug-likeness (QED) is 0.863. The van der Waals surface area contributed by atoms with Gasteiger partial charge in [-0.25, -0.2) is 4.79 Å². The van der Waals surface area contributed by atoms with Gasteiger partial charge in [-0.1, -0.05) is 5.16 Å². The van der Waals surface area contributed by atoms with Gasteiger partial charge in [0, 0.05) is 17.1 Å². The van der Waals surface area contributed by atoms with Crippen LogP contribution in [0.5, 0.6) is 0 Å². The molecule has 20 heavy (non-hydrogen) atoms. The predicted molar refractivity (Wildman–Crippen MR) is 76.6 cm³/mol. The number of nitrogens with one attached hydrogen (secondary N) is 1. The molecule has 0 saturated carbocycles. The summed E-state index contributed by atoms with van der Waals surface area (Å²) in [6.45, 7) is 4.00. The lowest BCUT2D eigenvalue weighted by molar-refractivity contribution is 0.0599. The molecule has 1 N–H and O–H groups in total. The molecule has 0 fully saturated rings. The van der Waals surface area contributed by atoms with E-state index in [0.29, 0.717) is 28.3 Å². The van der Waals surface area contributed by atoms with Crippen molar-refractivity contribution in [1.29, 1.82) is 0 Å². The number of nitrogens with zero attached hydrogens (tertiary/aromatic N) is 2. The van der Waals surface area contributed by atoms with Gasteiger partial charge in [0.2, 0.25) is 5.89 Å². The Morgan fingerprint density at radius 1 is 1.45 bits per heavy atom. The van der Waals surface area contributed by atoms with Crippen LogP contribution in [-0.2, 0) is 11.3 Å². The van der Waals surface area contributed by atoms with Gasteiger partial charge in [0.25, 0.3) is 0 Å². The van der Waals surface area contributed by atoms with Crippen molar-refractivity contribution in [1.82, 2.24) is 10.1 Å². The summed E-state index contributed by atoms with van der Waals surface area (Å²) >= 11 is 3.35. The maximum Gasteiger partial charge on any atom is 0.339 e. The van der Waals surface area contributed by atoms with Gasteiger partial charge in [0.1, 0.15) is 0 Å². The van der Waals surface area contributed by atoms with Crippen LogP contribution >= 0.6 is 15.9 Å². The van der Waals surface area contributed by atoms with Crippen molar-refractivity contribution in [3.63, 3.8) is 0 Å². The number of carbonyl (C=O) groups excluding carboxylic acids is 1. The average Bonchev–Trinajstić information content (AvgIpc) is 2.83. The summed E-state index contributed by atoms with van der Waals surface area (Å²) in [6.07, 6.45) is 0. The summed E-state index contributed by atoms with van der Waals surface area (Å²) in [7, 11) is 1.36. The lowest BCUT2D eigenvalue weighted by Gasteiger charge is -2.12. The van der Waals surface area contributed by atoms with Crippen molar-refractivity contribution in [3.8, 4) is 0 Å². The Labute approximate surface area is 124 Å². The van der Waals surface area contributed by atoms with Crippen LogP contribution in [0, 0.1) is 13.8 Å². The normalized spacial score (nSPS) is 10.4. The predicted octanol–water partition coefficient (Wildman–Crippen LogP) is 2.85. The largest absolute Gasteiger partial charge is 0.465 e. The highest BCUT2D eigenvalue weighted by Gasteiger charge is 2.16. The van der Waals surface area contributed by atoms with E-state index >= 15 is 0 Å². The number of ether oxygens (including phenoxy) is 1. The first-order chi connectivity index (χ1) is 9.52. The van der Waals surface area contributed by atoms with Crippen LogP contribution in [-0.4, -0.2) is 23.2 Å². The Kier molecular flexibility index (Phi) is 4.39. The minimum atomic E-state index is -0.381. The number of rotatable bonds is 4. The Hall–Kier alpha value is -1.89. The van der Waals surface area contributed by atoms with E-state index in [9.17, 15) is 4.79 Å². The highest BCUT2D eigenvalue weighted by molar-refractivity contribution is 9.10. The molecule has 106 valence electrons. The maximum absolute atomic E-state index is 11.8. The van der Waals surface area contributed by atoms with Crippen molar-refractivity contribution in [2.75, 3.05) is 12.4 Å². The van der Waals surface area contributed by atoms with Gasteiger partial charge in [-0.2, -0.15) is 4.98 Å². The van der Waals surface area contributed by atoms with Gasteiger partial charge in [0.05, 0.1) is 19.2 Å². The molecule has 0 aliphatic heterocycles. The molecule has 0 atom stereocenters. The van der Waals surface area contributed by atoms with Gasteiger partial charge in [-0.15, -0.1) is 0 Å². The van der Waals surface area contributed by atoms with E-state index in [-0.39, 0.29) is 5.97 Å². The molecule has 0 saturated heterocycles. The van der Waals surface area contributed by atoms with Crippen molar-refractivity contribution in [2.45, 2.75) is 20.4 Å². The fourth-order valence-electron chi connectivity index (χ4n) is 1.81. The molecule has 0 aliphatic carbocycles. The van der Waals surface area contributed by atoms with Crippen LogP contribution in [0.2, 0.25) is 0 Å². The molecule has 0 bridgehead atoms. The number of hydrogen-bond donors (Lipinski definition) is 1. The van der Waals surface area contributed by atoms with E-state index in [0.717, 1.165) is 11.3 Å². The number of hydrogen-bond acceptors (Lipinski definition) is 6. The number of methoxy groups -OCH3 is 1. The van der Waals surface area contributed by atoms with Gasteiger partial charge in [-0.05, 0) is 40.5 Å². The minimum absolute atomic E-state index is 0.381. The van der Waals surface area contributed by atoms with Crippen molar-refractivity contribution < 1.29 is 14.1 Å². The third-order valence-electron chi connectivity index (χ3n) is 2.81. The Bertz CT molecular complexity index is 640. The average molecular weight is 340 g/mol. The number of aromatic nitrogens is 2. The Balaban J connectivity index is 2.22. The summed E-state index contributed by atoms with van der Waals surface area (Å²) < 4.78 is 10.4. The molecular formula is C13H14BrN3O3. The second kappa shape index (κ2) is 6.04. The van der Waals surface area contributed by atoms with Crippen LogP contribution in [0.1, 0.15) is 27.6 Å². The van der Waals surface area contributed by atoms with Crippen LogP contribution < -0.4 is 5.32 Å². The van der Waals surface area contributed by atoms with E-state index in [4.69, 9.17) is 9.26 Å². The lowest BCUT2D eigenvalue weighted by atomic mass is 10.1. The molecule has 2 aromatic rings.